The summed E-state index contributed by atoms with van der Waals surface area (Å²) in [6.07, 6.45) is 1.51. The summed E-state index contributed by atoms with van der Waals surface area (Å²) in [6, 6.07) is 5.53. The summed E-state index contributed by atoms with van der Waals surface area (Å²) in [7, 11) is 0. The second kappa shape index (κ2) is 5.84. The Morgan fingerprint density at radius 3 is 3.00 bits per heavy atom. The van der Waals surface area contributed by atoms with E-state index >= 15 is 0 Å². The van der Waals surface area contributed by atoms with Gasteiger partial charge in [-0.3, -0.25) is 0 Å². The van der Waals surface area contributed by atoms with Crippen LogP contribution in [0.3, 0.4) is 0 Å². The molecule has 0 bridgehead atoms. The lowest BCUT2D eigenvalue weighted by atomic mass is 10.2. The van der Waals surface area contributed by atoms with Gasteiger partial charge in [0.2, 0.25) is 0 Å². The number of aryl methyl sites for hydroxylation is 1. The van der Waals surface area contributed by atoms with Crippen LogP contribution >= 0.6 is 11.6 Å². The second-order valence-corrected chi connectivity index (χ2v) is 4.12. The van der Waals surface area contributed by atoms with Crippen LogP contribution in [-0.2, 0) is 19.7 Å². The zero-order valence-electron chi connectivity index (χ0n) is 10.1. The Morgan fingerprint density at radius 1 is 1.44 bits per heavy atom. The molecule has 2 aromatic rings. The van der Waals surface area contributed by atoms with Gasteiger partial charge in [-0.2, -0.15) is 5.10 Å². The quantitative estimate of drug-likeness (QED) is 0.899. The number of halogens is 1. The van der Waals surface area contributed by atoms with Crippen LogP contribution in [0, 0.1) is 0 Å². The average molecular weight is 267 g/mol. The molecule has 0 amide bonds. The van der Waals surface area contributed by atoms with Gasteiger partial charge in [-0.1, -0.05) is 23.7 Å². The number of benzene rings is 1. The molecule has 1 aromatic carbocycles. The van der Waals surface area contributed by atoms with Crippen LogP contribution in [0.15, 0.2) is 24.5 Å². The third-order valence-corrected chi connectivity index (χ3v) is 2.91. The molecule has 0 aliphatic heterocycles. The van der Waals surface area contributed by atoms with E-state index in [1.807, 2.05) is 19.1 Å². The highest BCUT2D eigenvalue weighted by Gasteiger charge is 2.09. The SMILES string of the molecule is CCn1ncnc1COc1c(Cl)cccc1CN. The van der Waals surface area contributed by atoms with Crippen molar-refractivity contribution in [2.24, 2.45) is 5.73 Å². The summed E-state index contributed by atoms with van der Waals surface area (Å²) in [5, 5.41) is 4.64. The van der Waals surface area contributed by atoms with E-state index in [1.54, 1.807) is 10.7 Å². The molecule has 0 spiro atoms. The maximum atomic E-state index is 6.10. The summed E-state index contributed by atoms with van der Waals surface area (Å²) < 4.78 is 7.49. The normalized spacial score (nSPS) is 10.6. The van der Waals surface area contributed by atoms with E-state index in [1.165, 1.54) is 6.33 Å². The molecular weight excluding hydrogens is 252 g/mol. The average Bonchev–Trinajstić information content (AvgIpc) is 2.84. The molecule has 18 heavy (non-hydrogen) atoms. The summed E-state index contributed by atoms with van der Waals surface area (Å²) in [6.45, 7) is 3.46. The Kier molecular flexibility index (Phi) is 4.17. The highest BCUT2D eigenvalue weighted by Crippen LogP contribution is 2.28. The van der Waals surface area contributed by atoms with Gasteiger partial charge in [0.25, 0.3) is 0 Å². The molecule has 0 atom stereocenters. The standard InChI is InChI=1S/C12H15ClN4O/c1-2-17-11(15-8-16-17)7-18-12-9(6-14)4-3-5-10(12)13/h3-5,8H,2,6-7,14H2,1H3. The molecule has 0 saturated heterocycles. The van der Waals surface area contributed by atoms with Gasteiger partial charge in [-0.05, 0) is 13.0 Å². The number of nitrogens with zero attached hydrogens (tertiary/aromatic N) is 3. The number of hydrogen-bond acceptors (Lipinski definition) is 4. The first-order valence-electron chi connectivity index (χ1n) is 5.73. The maximum absolute atomic E-state index is 6.10. The third kappa shape index (κ3) is 2.63. The van der Waals surface area contributed by atoms with E-state index < -0.39 is 0 Å². The molecule has 2 N–H and O–H groups in total. The third-order valence-electron chi connectivity index (χ3n) is 2.61. The Labute approximate surface area is 111 Å². The van der Waals surface area contributed by atoms with Crippen LogP contribution in [0.4, 0.5) is 0 Å². The minimum atomic E-state index is 0.324. The van der Waals surface area contributed by atoms with Gasteiger partial charge < -0.3 is 10.5 Å². The van der Waals surface area contributed by atoms with E-state index in [4.69, 9.17) is 22.1 Å². The minimum absolute atomic E-state index is 0.324. The molecule has 0 aliphatic rings. The van der Waals surface area contributed by atoms with Crippen molar-refractivity contribution in [3.05, 3.63) is 40.9 Å². The molecule has 0 radical (unpaired) electrons. The zero-order chi connectivity index (χ0) is 13.0. The number of nitrogens with two attached hydrogens (primary N) is 1. The van der Waals surface area contributed by atoms with Crippen LogP contribution in [0.2, 0.25) is 5.02 Å². The van der Waals surface area contributed by atoms with Gasteiger partial charge in [0.15, 0.2) is 5.82 Å². The lowest BCUT2D eigenvalue weighted by molar-refractivity contribution is 0.284. The van der Waals surface area contributed by atoms with Crippen LogP contribution < -0.4 is 10.5 Å². The molecule has 6 heteroatoms. The van der Waals surface area contributed by atoms with Gasteiger partial charge in [-0.15, -0.1) is 0 Å². The fourth-order valence-corrected chi connectivity index (χ4v) is 1.93. The van der Waals surface area contributed by atoms with Crippen molar-refractivity contribution in [2.75, 3.05) is 0 Å². The minimum Gasteiger partial charge on any atom is -0.484 e. The van der Waals surface area contributed by atoms with Crippen LogP contribution in [0.5, 0.6) is 5.75 Å². The predicted octanol–water partition coefficient (Wildman–Crippen LogP) is 1.99. The first kappa shape index (κ1) is 12.9. The largest absolute Gasteiger partial charge is 0.484 e. The van der Waals surface area contributed by atoms with Gasteiger partial charge in [-0.25, -0.2) is 9.67 Å². The zero-order valence-corrected chi connectivity index (χ0v) is 10.9. The van der Waals surface area contributed by atoms with Crippen LogP contribution in [0.25, 0.3) is 0 Å². The van der Waals surface area contributed by atoms with Crippen molar-refractivity contribution in [1.82, 2.24) is 14.8 Å². The summed E-state index contributed by atoms with van der Waals surface area (Å²) in [5.41, 5.74) is 6.53. The van der Waals surface area contributed by atoms with Crippen molar-refractivity contribution < 1.29 is 4.74 Å². The smallest absolute Gasteiger partial charge is 0.164 e. The van der Waals surface area contributed by atoms with Crippen molar-refractivity contribution in [2.45, 2.75) is 26.6 Å². The molecule has 2 rings (SSSR count). The molecule has 1 aromatic heterocycles. The first-order chi connectivity index (χ1) is 8.76. The Bertz CT molecular complexity index is 527. The van der Waals surface area contributed by atoms with E-state index in [2.05, 4.69) is 10.1 Å². The fraction of sp³-hybridized carbons (Fsp3) is 0.333. The molecule has 0 saturated carbocycles. The lowest BCUT2D eigenvalue weighted by Crippen LogP contribution is -2.09. The van der Waals surface area contributed by atoms with Crippen LogP contribution in [0.1, 0.15) is 18.3 Å². The number of para-hydroxylation sites is 1. The van der Waals surface area contributed by atoms with E-state index in [0.29, 0.717) is 23.9 Å². The molecule has 0 fully saturated rings. The van der Waals surface area contributed by atoms with E-state index in [-0.39, 0.29) is 0 Å². The second-order valence-electron chi connectivity index (χ2n) is 3.71. The van der Waals surface area contributed by atoms with Crippen molar-refractivity contribution in [3.63, 3.8) is 0 Å². The van der Waals surface area contributed by atoms with Gasteiger partial charge in [0.1, 0.15) is 18.7 Å². The van der Waals surface area contributed by atoms with Gasteiger partial charge >= 0.3 is 0 Å². The summed E-state index contributed by atoms with van der Waals surface area (Å²) in [5.74, 6) is 1.38. The molecule has 0 aliphatic carbocycles. The van der Waals surface area contributed by atoms with Crippen LogP contribution in [-0.4, -0.2) is 14.8 Å². The molecule has 5 nitrogen and oxygen atoms in total. The molecule has 96 valence electrons. The maximum Gasteiger partial charge on any atom is 0.164 e. The number of aromatic nitrogens is 3. The molecule has 0 unspecified atom stereocenters. The van der Waals surface area contributed by atoms with Crippen molar-refractivity contribution in [3.8, 4) is 5.75 Å². The lowest BCUT2D eigenvalue weighted by Gasteiger charge is -2.11. The highest BCUT2D eigenvalue weighted by molar-refractivity contribution is 6.32. The number of rotatable bonds is 5. The Hall–Kier alpha value is -1.59. The number of hydrogen-bond donors (Lipinski definition) is 1. The molecular formula is C12H15ClN4O. The van der Waals surface area contributed by atoms with Crippen molar-refractivity contribution in [1.29, 1.82) is 0 Å². The topological polar surface area (TPSA) is 66.0 Å². The van der Waals surface area contributed by atoms with E-state index in [0.717, 1.165) is 17.9 Å². The molecule has 1 heterocycles. The Morgan fingerprint density at radius 2 is 2.28 bits per heavy atom. The van der Waals surface area contributed by atoms with Crippen molar-refractivity contribution >= 4 is 11.6 Å². The summed E-state index contributed by atoms with van der Waals surface area (Å²) >= 11 is 6.10. The van der Waals surface area contributed by atoms with Gasteiger partial charge in [0, 0.05) is 18.7 Å². The monoisotopic (exact) mass is 266 g/mol. The fourth-order valence-electron chi connectivity index (χ4n) is 1.68. The summed E-state index contributed by atoms with van der Waals surface area (Å²) in [4.78, 5) is 4.14. The van der Waals surface area contributed by atoms with Gasteiger partial charge in [0.05, 0.1) is 5.02 Å². The van der Waals surface area contributed by atoms with E-state index in [9.17, 15) is 0 Å². The number of ether oxygens (including phenoxy) is 1. The predicted molar refractivity (Wildman–Crippen MR) is 69.4 cm³/mol. The highest BCUT2D eigenvalue weighted by atomic mass is 35.5. The Balaban J connectivity index is 2.15. The first-order valence-corrected chi connectivity index (χ1v) is 6.11.